The van der Waals surface area contributed by atoms with Crippen molar-refractivity contribution in [1.29, 1.82) is 0 Å². The molecule has 0 spiro atoms. The Morgan fingerprint density at radius 3 is 3.08 bits per heavy atom. The molecule has 3 nitrogen and oxygen atoms in total. The summed E-state index contributed by atoms with van der Waals surface area (Å²) in [6.07, 6.45) is 0. The first kappa shape index (κ1) is 7.71. The number of ether oxygens (including phenoxy) is 1. The van der Waals surface area contributed by atoms with Gasteiger partial charge in [-0.25, -0.2) is 0 Å². The van der Waals surface area contributed by atoms with Crippen molar-refractivity contribution in [2.24, 2.45) is 5.73 Å². The van der Waals surface area contributed by atoms with E-state index in [4.69, 9.17) is 22.1 Å². The molecule has 3 N–H and O–H groups in total. The molecule has 64 valence electrons. The third-order valence-electron chi connectivity index (χ3n) is 1.91. The van der Waals surface area contributed by atoms with Crippen LogP contribution in [0, 0.1) is 0 Å². The monoisotopic (exact) mass is 185 g/mol. The Morgan fingerprint density at radius 1 is 1.58 bits per heavy atom. The third kappa shape index (κ3) is 0.940. The van der Waals surface area contributed by atoms with Crippen molar-refractivity contribution in [2.45, 2.75) is 6.04 Å². The summed E-state index contributed by atoms with van der Waals surface area (Å²) in [7, 11) is 0. The molecule has 0 unspecified atom stereocenters. The number of hydrogen-bond donors (Lipinski definition) is 2. The normalized spacial score (nSPS) is 20.3. The molecule has 1 heterocycles. The zero-order chi connectivity index (χ0) is 8.72. The van der Waals surface area contributed by atoms with Gasteiger partial charge in [0.05, 0.1) is 6.04 Å². The number of hydrogen-bond acceptors (Lipinski definition) is 3. The number of aromatic hydroxyl groups is 1. The van der Waals surface area contributed by atoms with Crippen molar-refractivity contribution >= 4 is 11.6 Å². The van der Waals surface area contributed by atoms with Gasteiger partial charge in [0.1, 0.15) is 23.1 Å². The van der Waals surface area contributed by atoms with Gasteiger partial charge in [-0.2, -0.15) is 0 Å². The van der Waals surface area contributed by atoms with Crippen LogP contribution in [0.3, 0.4) is 0 Å². The van der Waals surface area contributed by atoms with E-state index in [0.29, 0.717) is 12.4 Å². The van der Waals surface area contributed by atoms with Crippen molar-refractivity contribution < 1.29 is 9.84 Å². The first-order chi connectivity index (χ1) is 5.70. The SMILES string of the molecule is N[C@H]1COc2c1ccc(O)c2Cl. The molecule has 0 amide bonds. The highest BCUT2D eigenvalue weighted by Crippen LogP contribution is 2.41. The minimum absolute atomic E-state index is 0.0320. The Bertz CT molecular complexity index is 327. The topological polar surface area (TPSA) is 55.5 Å². The largest absolute Gasteiger partial charge is 0.506 e. The third-order valence-corrected chi connectivity index (χ3v) is 2.28. The molecule has 1 aromatic rings. The average Bonchev–Trinajstić information content (AvgIpc) is 2.41. The summed E-state index contributed by atoms with van der Waals surface area (Å²) in [5.41, 5.74) is 6.56. The number of benzene rings is 1. The van der Waals surface area contributed by atoms with E-state index in [0.717, 1.165) is 5.56 Å². The van der Waals surface area contributed by atoms with Crippen molar-refractivity contribution in [3.63, 3.8) is 0 Å². The first-order valence-electron chi connectivity index (χ1n) is 3.60. The van der Waals surface area contributed by atoms with Gasteiger partial charge >= 0.3 is 0 Å². The van der Waals surface area contributed by atoms with Gasteiger partial charge in [0.2, 0.25) is 0 Å². The molecule has 0 radical (unpaired) electrons. The summed E-state index contributed by atoms with van der Waals surface area (Å²) >= 11 is 5.77. The molecule has 1 aromatic carbocycles. The molecule has 12 heavy (non-hydrogen) atoms. The van der Waals surface area contributed by atoms with Gasteiger partial charge in [-0.3, -0.25) is 0 Å². The Labute approximate surface area is 74.7 Å². The lowest BCUT2D eigenvalue weighted by molar-refractivity contribution is 0.332. The molecule has 1 atom stereocenters. The lowest BCUT2D eigenvalue weighted by Crippen LogP contribution is -2.10. The van der Waals surface area contributed by atoms with Crippen molar-refractivity contribution in [3.05, 3.63) is 22.7 Å². The van der Waals surface area contributed by atoms with Crippen LogP contribution in [0.4, 0.5) is 0 Å². The zero-order valence-electron chi connectivity index (χ0n) is 6.25. The Kier molecular flexibility index (Phi) is 1.63. The maximum absolute atomic E-state index is 9.22. The first-order valence-corrected chi connectivity index (χ1v) is 3.97. The molecule has 0 saturated carbocycles. The van der Waals surface area contributed by atoms with Crippen LogP contribution in [0.25, 0.3) is 0 Å². The van der Waals surface area contributed by atoms with E-state index < -0.39 is 0 Å². The Balaban J connectivity index is 2.60. The maximum atomic E-state index is 9.22. The van der Waals surface area contributed by atoms with E-state index in [1.807, 2.05) is 0 Å². The van der Waals surface area contributed by atoms with Gasteiger partial charge in [-0.05, 0) is 12.1 Å². The molecule has 1 aliphatic heterocycles. The molecule has 2 rings (SSSR count). The van der Waals surface area contributed by atoms with Crippen LogP contribution in [-0.4, -0.2) is 11.7 Å². The van der Waals surface area contributed by atoms with Crippen LogP contribution in [0.1, 0.15) is 11.6 Å². The quantitative estimate of drug-likeness (QED) is 0.643. The number of halogens is 1. The molecule has 1 aliphatic rings. The second kappa shape index (κ2) is 2.54. The van der Waals surface area contributed by atoms with Crippen LogP contribution >= 0.6 is 11.6 Å². The van der Waals surface area contributed by atoms with Crippen LogP contribution in [0.15, 0.2) is 12.1 Å². The minimum atomic E-state index is -0.127. The summed E-state index contributed by atoms with van der Waals surface area (Å²) in [4.78, 5) is 0. The fourth-order valence-corrected chi connectivity index (χ4v) is 1.49. The maximum Gasteiger partial charge on any atom is 0.146 e. The molecule has 0 fully saturated rings. The van der Waals surface area contributed by atoms with Crippen LogP contribution in [-0.2, 0) is 0 Å². The summed E-state index contributed by atoms with van der Waals surface area (Å²) in [5.74, 6) is 0.550. The van der Waals surface area contributed by atoms with E-state index in [1.165, 1.54) is 6.07 Å². The molecular weight excluding hydrogens is 178 g/mol. The highest BCUT2D eigenvalue weighted by atomic mass is 35.5. The molecule has 0 bridgehead atoms. The van der Waals surface area contributed by atoms with E-state index in [1.54, 1.807) is 6.07 Å². The number of rotatable bonds is 0. The van der Waals surface area contributed by atoms with Crippen LogP contribution in [0.2, 0.25) is 5.02 Å². The lowest BCUT2D eigenvalue weighted by atomic mass is 10.1. The predicted octanol–water partition coefficient (Wildman–Crippen LogP) is 1.44. The smallest absolute Gasteiger partial charge is 0.146 e. The molecule has 0 aromatic heterocycles. The molecular formula is C8H8ClNO2. The van der Waals surface area contributed by atoms with E-state index in [2.05, 4.69) is 0 Å². The molecule has 0 aliphatic carbocycles. The van der Waals surface area contributed by atoms with Gasteiger partial charge in [-0.1, -0.05) is 11.6 Å². The van der Waals surface area contributed by atoms with Gasteiger partial charge in [0.15, 0.2) is 0 Å². The Morgan fingerprint density at radius 2 is 2.33 bits per heavy atom. The highest BCUT2D eigenvalue weighted by molar-refractivity contribution is 6.33. The second-order valence-corrected chi connectivity index (χ2v) is 3.11. The summed E-state index contributed by atoms with van der Waals surface area (Å²) in [5, 5.41) is 9.47. The van der Waals surface area contributed by atoms with E-state index >= 15 is 0 Å². The summed E-state index contributed by atoms with van der Waals surface area (Å²) in [6.45, 7) is 0.429. The Hall–Kier alpha value is -0.930. The number of phenolic OH excluding ortho intramolecular Hbond substituents is 1. The lowest BCUT2D eigenvalue weighted by Gasteiger charge is -2.03. The highest BCUT2D eigenvalue weighted by Gasteiger charge is 2.24. The number of phenols is 1. The number of nitrogens with two attached hydrogens (primary N) is 1. The van der Waals surface area contributed by atoms with Gasteiger partial charge < -0.3 is 15.6 Å². The molecule has 4 heteroatoms. The zero-order valence-corrected chi connectivity index (χ0v) is 7.01. The van der Waals surface area contributed by atoms with Gasteiger partial charge in [0, 0.05) is 5.56 Å². The van der Waals surface area contributed by atoms with Crippen LogP contribution < -0.4 is 10.5 Å². The van der Waals surface area contributed by atoms with Gasteiger partial charge in [-0.15, -0.1) is 0 Å². The number of fused-ring (bicyclic) bond motifs is 1. The fourth-order valence-electron chi connectivity index (χ4n) is 1.26. The summed E-state index contributed by atoms with van der Waals surface area (Å²) in [6, 6.07) is 3.13. The van der Waals surface area contributed by atoms with Crippen molar-refractivity contribution in [3.8, 4) is 11.5 Å². The minimum Gasteiger partial charge on any atom is -0.506 e. The van der Waals surface area contributed by atoms with Crippen molar-refractivity contribution in [1.82, 2.24) is 0 Å². The van der Waals surface area contributed by atoms with Crippen molar-refractivity contribution in [2.75, 3.05) is 6.61 Å². The second-order valence-electron chi connectivity index (χ2n) is 2.73. The average molecular weight is 186 g/mol. The fraction of sp³-hybridized carbons (Fsp3) is 0.250. The van der Waals surface area contributed by atoms with E-state index in [9.17, 15) is 5.11 Å². The van der Waals surface area contributed by atoms with Gasteiger partial charge in [0.25, 0.3) is 0 Å². The predicted molar refractivity (Wildman–Crippen MR) is 45.5 cm³/mol. The molecule has 0 saturated heterocycles. The summed E-state index contributed by atoms with van der Waals surface area (Å²) < 4.78 is 5.21. The standard InChI is InChI=1S/C8H8ClNO2/c9-7-6(11)2-1-4-5(10)3-12-8(4)7/h1-2,5,11H,3,10H2/t5-/m0/s1. The van der Waals surface area contributed by atoms with E-state index in [-0.39, 0.29) is 16.8 Å². The van der Waals surface area contributed by atoms with Crippen LogP contribution in [0.5, 0.6) is 11.5 Å².